The lowest BCUT2D eigenvalue weighted by atomic mass is 10.2. The van der Waals surface area contributed by atoms with E-state index < -0.39 is 0 Å². The predicted molar refractivity (Wildman–Crippen MR) is 73.4 cm³/mol. The zero-order chi connectivity index (χ0) is 13.4. The minimum absolute atomic E-state index is 0.152. The van der Waals surface area contributed by atoms with Crippen LogP contribution < -0.4 is 10.1 Å². The topological polar surface area (TPSA) is 21.3 Å². The minimum atomic E-state index is -0.229. The average Bonchev–Trinajstić information content (AvgIpc) is 2.32. The maximum Gasteiger partial charge on any atom is 0.123 e. The first-order valence-electron chi connectivity index (χ1n) is 6.74. The smallest absolute Gasteiger partial charge is 0.123 e. The van der Waals surface area contributed by atoms with Gasteiger partial charge < -0.3 is 10.1 Å². The number of hydrogen-bond acceptors (Lipinski definition) is 2. The van der Waals surface area contributed by atoms with Gasteiger partial charge in [-0.15, -0.1) is 0 Å². The van der Waals surface area contributed by atoms with Gasteiger partial charge in [-0.2, -0.15) is 0 Å². The highest BCUT2D eigenvalue weighted by molar-refractivity contribution is 5.22. The first kappa shape index (κ1) is 15.0. The molecule has 18 heavy (non-hydrogen) atoms. The van der Waals surface area contributed by atoms with Gasteiger partial charge >= 0.3 is 0 Å². The molecule has 1 rings (SSSR count). The molecule has 0 saturated heterocycles. The number of nitrogens with one attached hydrogen (secondary N) is 1. The van der Waals surface area contributed by atoms with Crippen molar-refractivity contribution in [2.75, 3.05) is 13.1 Å². The molecule has 1 atom stereocenters. The van der Waals surface area contributed by atoms with Gasteiger partial charge in [0.15, 0.2) is 0 Å². The molecule has 0 bridgehead atoms. The molecule has 0 fully saturated rings. The van der Waals surface area contributed by atoms with Gasteiger partial charge in [0, 0.05) is 6.54 Å². The maximum atomic E-state index is 12.8. The third-order valence-corrected chi connectivity index (χ3v) is 2.65. The van der Waals surface area contributed by atoms with Crippen molar-refractivity contribution < 1.29 is 9.13 Å². The summed E-state index contributed by atoms with van der Waals surface area (Å²) in [6, 6.07) is 6.22. The predicted octanol–water partition coefficient (Wildman–Crippen LogP) is 3.62. The van der Waals surface area contributed by atoms with Crippen LogP contribution in [0.5, 0.6) is 5.75 Å². The van der Waals surface area contributed by atoms with Gasteiger partial charge in [0.1, 0.15) is 17.7 Å². The van der Waals surface area contributed by atoms with Crippen molar-refractivity contribution in [1.29, 1.82) is 0 Å². The van der Waals surface area contributed by atoms with Gasteiger partial charge in [-0.3, -0.25) is 0 Å². The first-order valence-corrected chi connectivity index (χ1v) is 6.74. The summed E-state index contributed by atoms with van der Waals surface area (Å²) >= 11 is 0. The van der Waals surface area contributed by atoms with Crippen molar-refractivity contribution in [2.24, 2.45) is 5.92 Å². The second kappa shape index (κ2) is 8.09. The SMILES string of the molecule is CCCC(CNCC(C)C)Oc1ccc(F)cc1. The molecule has 0 saturated carbocycles. The number of hydrogen-bond donors (Lipinski definition) is 1. The first-order chi connectivity index (χ1) is 8.61. The highest BCUT2D eigenvalue weighted by Gasteiger charge is 2.09. The van der Waals surface area contributed by atoms with Crippen molar-refractivity contribution in [2.45, 2.75) is 39.7 Å². The van der Waals surface area contributed by atoms with Crippen molar-refractivity contribution in [3.8, 4) is 5.75 Å². The van der Waals surface area contributed by atoms with Gasteiger partial charge in [-0.05, 0) is 43.1 Å². The Labute approximate surface area is 110 Å². The Kier molecular flexibility index (Phi) is 6.73. The van der Waals surface area contributed by atoms with E-state index in [0.29, 0.717) is 5.92 Å². The van der Waals surface area contributed by atoms with Crippen LogP contribution in [0.3, 0.4) is 0 Å². The molecule has 0 aromatic heterocycles. The van der Waals surface area contributed by atoms with Gasteiger partial charge in [0.2, 0.25) is 0 Å². The van der Waals surface area contributed by atoms with Crippen LogP contribution >= 0.6 is 0 Å². The van der Waals surface area contributed by atoms with E-state index in [2.05, 4.69) is 26.1 Å². The molecular formula is C15H24FNO. The van der Waals surface area contributed by atoms with Gasteiger partial charge in [-0.1, -0.05) is 27.2 Å². The van der Waals surface area contributed by atoms with Crippen LogP contribution in [0.2, 0.25) is 0 Å². The lowest BCUT2D eigenvalue weighted by Crippen LogP contribution is -2.33. The summed E-state index contributed by atoms with van der Waals surface area (Å²) in [5.41, 5.74) is 0. The fraction of sp³-hybridized carbons (Fsp3) is 0.600. The molecule has 0 aliphatic carbocycles. The fourth-order valence-electron chi connectivity index (χ4n) is 1.76. The van der Waals surface area contributed by atoms with Crippen LogP contribution in [-0.4, -0.2) is 19.2 Å². The standard InChI is InChI=1S/C15H24FNO/c1-4-5-15(11-17-10-12(2)3)18-14-8-6-13(16)7-9-14/h6-9,12,15,17H,4-5,10-11H2,1-3H3. The molecule has 102 valence electrons. The lowest BCUT2D eigenvalue weighted by Gasteiger charge is -2.20. The second-order valence-corrected chi connectivity index (χ2v) is 5.03. The Balaban J connectivity index is 2.43. The molecule has 0 aliphatic heterocycles. The summed E-state index contributed by atoms with van der Waals surface area (Å²) in [5, 5.41) is 3.40. The molecule has 1 aromatic rings. The Bertz CT molecular complexity index is 324. The summed E-state index contributed by atoms with van der Waals surface area (Å²) in [5.74, 6) is 1.15. The average molecular weight is 253 g/mol. The van der Waals surface area contributed by atoms with Crippen molar-refractivity contribution in [3.05, 3.63) is 30.1 Å². The number of ether oxygens (including phenoxy) is 1. The van der Waals surface area contributed by atoms with E-state index in [1.807, 2.05) is 0 Å². The summed E-state index contributed by atoms with van der Waals surface area (Å²) in [6.07, 6.45) is 2.23. The monoisotopic (exact) mass is 253 g/mol. The van der Waals surface area contributed by atoms with Crippen LogP contribution in [0.25, 0.3) is 0 Å². The molecule has 0 heterocycles. The van der Waals surface area contributed by atoms with Crippen LogP contribution in [0.4, 0.5) is 4.39 Å². The van der Waals surface area contributed by atoms with E-state index >= 15 is 0 Å². The third-order valence-electron chi connectivity index (χ3n) is 2.65. The largest absolute Gasteiger partial charge is 0.489 e. The fourth-order valence-corrected chi connectivity index (χ4v) is 1.76. The third kappa shape index (κ3) is 6.01. The lowest BCUT2D eigenvalue weighted by molar-refractivity contribution is 0.185. The molecule has 0 aliphatic rings. The van der Waals surface area contributed by atoms with E-state index in [9.17, 15) is 4.39 Å². The zero-order valence-electron chi connectivity index (χ0n) is 11.6. The summed E-state index contributed by atoms with van der Waals surface area (Å²) in [7, 11) is 0. The highest BCUT2D eigenvalue weighted by atomic mass is 19.1. The number of rotatable bonds is 8. The zero-order valence-corrected chi connectivity index (χ0v) is 11.6. The van der Waals surface area contributed by atoms with E-state index in [4.69, 9.17) is 4.74 Å². The van der Waals surface area contributed by atoms with E-state index in [0.717, 1.165) is 31.7 Å². The molecule has 0 spiro atoms. The molecule has 1 N–H and O–H groups in total. The molecule has 0 amide bonds. The molecule has 3 heteroatoms. The van der Waals surface area contributed by atoms with Gasteiger partial charge in [-0.25, -0.2) is 4.39 Å². The van der Waals surface area contributed by atoms with Crippen LogP contribution in [-0.2, 0) is 0 Å². The minimum Gasteiger partial charge on any atom is -0.489 e. The molecule has 2 nitrogen and oxygen atoms in total. The van der Waals surface area contributed by atoms with Crippen molar-refractivity contribution >= 4 is 0 Å². The van der Waals surface area contributed by atoms with Crippen molar-refractivity contribution in [1.82, 2.24) is 5.32 Å². The van der Waals surface area contributed by atoms with Crippen LogP contribution in [0, 0.1) is 11.7 Å². The van der Waals surface area contributed by atoms with Gasteiger partial charge in [0.25, 0.3) is 0 Å². The van der Waals surface area contributed by atoms with E-state index in [-0.39, 0.29) is 11.9 Å². The molecule has 0 radical (unpaired) electrons. The number of halogens is 1. The molecule has 1 aromatic carbocycles. The highest BCUT2D eigenvalue weighted by Crippen LogP contribution is 2.14. The Morgan fingerprint density at radius 1 is 1.17 bits per heavy atom. The molecule has 1 unspecified atom stereocenters. The molecular weight excluding hydrogens is 229 g/mol. The summed E-state index contributed by atoms with van der Waals surface area (Å²) < 4.78 is 18.7. The number of benzene rings is 1. The quantitative estimate of drug-likeness (QED) is 0.764. The van der Waals surface area contributed by atoms with Crippen LogP contribution in [0.1, 0.15) is 33.6 Å². The summed E-state index contributed by atoms with van der Waals surface area (Å²) in [4.78, 5) is 0. The summed E-state index contributed by atoms with van der Waals surface area (Å²) in [6.45, 7) is 8.34. The van der Waals surface area contributed by atoms with E-state index in [1.54, 1.807) is 12.1 Å². The Morgan fingerprint density at radius 3 is 2.39 bits per heavy atom. The van der Waals surface area contributed by atoms with Crippen LogP contribution in [0.15, 0.2) is 24.3 Å². The van der Waals surface area contributed by atoms with Gasteiger partial charge in [0.05, 0.1) is 0 Å². The Hall–Kier alpha value is -1.09. The maximum absolute atomic E-state index is 12.8. The van der Waals surface area contributed by atoms with E-state index in [1.165, 1.54) is 12.1 Å². The normalized spacial score (nSPS) is 12.7. The Morgan fingerprint density at radius 2 is 1.83 bits per heavy atom. The second-order valence-electron chi connectivity index (χ2n) is 5.03. The van der Waals surface area contributed by atoms with Crippen molar-refractivity contribution in [3.63, 3.8) is 0 Å².